The summed E-state index contributed by atoms with van der Waals surface area (Å²) in [4.78, 5) is 2.65. The second kappa shape index (κ2) is 5.22. The monoisotopic (exact) mass is 275 g/mol. The predicted molar refractivity (Wildman–Crippen MR) is 58.1 cm³/mol. The molecular formula is C8H7BrClN3O. The van der Waals surface area contributed by atoms with Gasteiger partial charge in [-0.2, -0.15) is 0 Å². The summed E-state index contributed by atoms with van der Waals surface area (Å²) in [5.41, 5.74) is 8.95. The van der Waals surface area contributed by atoms with Gasteiger partial charge in [0.05, 0.1) is 17.7 Å². The standard InChI is InChI=1S/C8H7BrClN3O/c9-6-2-1-5(3-7(6)10)8(4-14)12-13-11/h1-3,8,14H,4H2. The highest BCUT2D eigenvalue weighted by atomic mass is 79.9. The van der Waals surface area contributed by atoms with Gasteiger partial charge in [-0.15, -0.1) is 0 Å². The Labute approximate surface area is 94.3 Å². The Morgan fingerprint density at radius 1 is 1.64 bits per heavy atom. The van der Waals surface area contributed by atoms with Crippen molar-refractivity contribution in [3.05, 3.63) is 43.7 Å². The summed E-state index contributed by atoms with van der Waals surface area (Å²) in [6, 6.07) is 4.56. The van der Waals surface area contributed by atoms with Gasteiger partial charge < -0.3 is 5.11 Å². The third-order valence-electron chi connectivity index (χ3n) is 1.69. The largest absolute Gasteiger partial charge is 0.396 e. The van der Waals surface area contributed by atoms with Gasteiger partial charge in [0.25, 0.3) is 0 Å². The zero-order chi connectivity index (χ0) is 10.6. The molecule has 1 rings (SSSR count). The molecule has 0 amide bonds. The van der Waals surface area contributed by atoms with Gasteiger partial charge in [-0.05, 0) is 39.2 Å². The lowest BCUT2D eigenvalue weighted by Gasteiger charge is -2.08. The molecule has 0 aliphatic heterocycles. The number of hydrogen-bond donors (Lipinski definition) is 1. The van der Waals surface area contributed by atoms with E-state index in [1.165, 1.54) is 0 Å². The highest BCUT2D eigenvalue weighted by Gasteiger charge is 2.09. The number of aliphatic hydroxyl groups is 1. The molecule has 0 fully saturated rings. The molecule has 0 spiro atoms. The van der Waals surface area contributed by atoms with Crippen LogP contribution in [0.25, 0.3) is 10.4 Å². The van der Waals surface area contributed by atoms with E-state index in [0.29, 0.717) is 10.6 Å². The van der Waals surface area contributed by atoms with Crippen LogP contribution < -0.4 is 0 Å². The highest BCUT2D eigenvalue weighted by Crippen LogP contribution is 2.27. The first kappa shape index (κ1) is 11.3. The van der Waals surface area contributed by atoms with Gasteiger partial charge in [0.1, 0.15) is 0 Å². The number of benzene rings is 1. The fraction of sp³-hybridized carbons (Fsp3) is 0.250. The van der Waals surface area contributed by atoms with Crippen LogP contribution in [0, 0.1) is 0 Å². The van der Waals surface area contributed by atoms with E-state index in [2.05, 4.69) is 26.0 Å². The van der Waals surface area contributed by atoms with Crippen LogP contribution in [0.2, 0.25) is 5.02 Å². The van der Waals surface area contributed by atoms with Crippen LogP contribution >= 0.6 is 27.5 Å². The van der Waals surface area contributed by atoms with Crippen LogP contribution in [0.5, 0.6) is 0 Å². The summed E-state index contributed by atoms with van der Waals surface area (Å²) in [6.45, 7) is -0.234. The summed E-state index contributed by atoms with van der Waals surface area (Å²) >= 11 is 9.09. The maximum atomic E-state index is 8.95. The molecule has 0 aliphatic carbocycles. The van der Waals surface area contributed by atoms with Crippen molar-refractivity contribution in [1.82, 2.24) is 0 Å². The van der Waals surface area contributed by atoms with Gasteiger partial charge in [0, 0.05) is 9.38 Å². The number of azide groups is 1. The molecule has 0 radical (unpaired) electrons. The van der Waals surface area contributed by atoms with Gasteiger partial charge in [0.15, 0.2) is 0 Å². The minimum absolute atomic E-state index is 0.234. The average Bonchev–Trinajstić information content (AvgIpc) is 2.19. The van der Waals surface area contributed by atoms with Crippen LogP contribution in [-0.2, 0) is 0 Å². The zero-order valence-corrected chi connectivity index (χ0v) is 9.40. The smallest absolute Gasteiger partial charge is 0.0856 e. The Bertz CT molecular complexity index is 379. The van der Waals surface area contributed by atoms with Crippen molar-refractivity contribution in [1.29, 1.82) is 0 Å². The number of halogens is 2. The van der Waals surface area contributed by atoms with E-state index >= 15 is 0 Å². The lowest BCUT2D eigenvalue weighted by molar-refractivity contribution is 0.268. The Morgan fingerprint density at radius 3 is 2.86 bits per heavy atom. The molecule has 1 aromatic carbocycles. The van der Waals surface area contributed by atoms with Crippen LogP contribution in [0.3, 0.4) is 0 Å². The minimum Gasteiger partial charge on any atom is -0.396 e. The van der Waals surface area contributed by atoms with E-state index in [4.69, 9.17) is 22.2 Å². The highest BCUT2D eigenvalue weighted by molar-refractivity contribution is 9.10. The lowest BCUT2D eigenvalue weighted by Crippen LogP contribution is -1.99. The molecule has 14 heavy (non-hydrogen) atoms. The van der Waals surface area contributed by atoms with Crippen molar-refractivity contribution < 1.29 is 5.11 Å². The predicted octanol–water partition coefficient (Wildman–Crippen LogP) is 3.45. The Hall–Kier alpha value is -0.740. The molecule has 1 N–H and O–H groups in total. The molecule has 1 unspecified atom stereocenters. The Balaban J connectivity index is 3.05. The van der Waals surface area contributed by atoms with Crippen molar-refractivity contribution in [2.75, 3.05) is 6.61 Å². The molecule has 0 heterocycles. The van der Waals surface area contributed by atoms with E-state index in [9.17, 15) is 0 Å². The third-order valence-corrected chi connectivity index (χ3v) is 2.92. The van der Waals surface area contributed by atoms with E-state index < -0.39 is 6.04 Å². The fourth-order valence-corrected chi connectivity index (χ4v) is 1.43. The van der Waals surface area contributed by atoms with Gasteiger partial charge in [-0.3, -0.25) is 0 Å². The molecular weight excluding hydrogens is 269 g/mol. The zero-order valence-electron chi connectivity index (χ0n) is 7.06. The van der Waals surface area contributed by atoms with Crippen molar-refractivity contribution in [2.24, 2.45) is 5.11 Å². The second-order valence-electron chi connectivity index (χ2n) is 2.58. The second-order valence-corrected chi connectivity index (χ2v) is 3.84. The van der Waals surface area contributed by atoms with Crippen LogP contribution in [0.4, 0.5) is 0 Å². The van der Waals surface area contributed by atoms with Crippen molar-refractivity contribution >= 4 is 27.5 Å². The van der Waals surface area contributed by atoms with Gasteiger partial charge in [-0.1, -0.05) is 22.8 Å². The van der Waals surface area contributed by atoms with E-state index in [1.54, 1.807) is 18.2 Å². The first-order valence-corrected chi connectivity index (χ1v) is 4.96. The van der Waals surface area contributed by atoms with Gasteiger partial charge >= 0.3 is 0 Å². The van der Waals surface area contributed by atoms with Crippen molar-refractivity contribution in [2.45, 2.75) is 6.04 Å². The molecule has 0 saturated heterocycles. The van der Waals surface area contributed by atoms with Crippen molar-refractivity contribution in [3.63, 3.8) is 0 Å². The lowest BCUT2D eigenvalue weighted by atomic mass is 10.1. The first-order valence-electron chi connectivity index (χ1n) is 3.79. The maximum absolute atomic E-state index is 8.95. The molecule has 0 bridgehead atoms. The number of hydrogen-bond acceptors (Lipinski definition) is 2. The topological polar surface area (TPSA) is 69.0 Å². The molecule has 0 aliphatic rings. The maximum Gasteiger partial charge on any atom is 0.0856 e. The quantitative estimate of drug-likeness (QED) is 0.513. The van der Waals surface area contributed by atoms with Crippen molar-refractivity contribution in [3.8, 4) is 0 Å². The van der Waals surface area contributed by atoms with E-state index in [1.807, 2.05) is 0 Å². The molecule has 1 atom stereocenters. The van der Waals surface area contributed by atoms with Crippen LogP contribution in [0.15, 0.2) is 27.8 Å². The normalized spacial score (nSPS) is 11.9. The SMILES string of the molecule is [N-]=[N+]=NC(CO)c1ccc(Br)c(Cl)c1. The summed E-state index contributed by atoms with van der Waals surface area (Å²) in [6.07, 6.45) is 0. The Morgan fingerprint density at radius 2 is 2.36 bits per heavy atom. The van der Waals surface area contributed by atoms with Crippen LogP contribution in [-0.4, -0.2) is 11.7 Å². The summed E-state index contributed by atoms with van der Waals surface area (Å²) in [5, 5.41) is 12.9. The molecule has 0 saturated carbocycles. The molecule has 6 heteroatoms. The minimum atomic E-state index is -0.578. The summed E-state index contributed by atoms with van der Waals surface area (Å²) in [5.74, 6) is 0. The summed E-state index contributed by atoms with van der Waals surface area (Å²) in [7, 11) is 0. The van der Waals surface area contributed by atoms with E-state index in [-0.39, 0.29) is 6.61 Å². The fourth-order valence-electron chi connectivity index (χ4n) is 0.991. The molecule has 74 valence electrons. The summed E-state index contributed by atoms with van der Waals surface area (Å²) < 4.78 is 0.764. The van der Waals surface area contributed by atoms with E-state index in [0.717, 1.165) is 4.47 Å². The van der Waals surface area contributed by atoms with Gasteiger partial charge in [0.2, 0.25) is 0 Å². The first-order chi connectivity index (χ1) is 6.69. The number of aliphatic hydroxyl groups excluding tert-OH is 1. The third kappa shape index (κ3) is 2.62. The number of rotatable bonds is 3. The molecule has 4 nitrogen and oxygen atoms in total. The molecule has 0 aromatic heterocycles. The number of nitrogens with zero attached hydrogens (tertiary/aromatic N) is 3. The Kier molecular flexibility index (Phi) is 4.22. The van der Waals surface area contributed by atoms with Gasteiger partial charge in [-0.25, -0.2) is 0 Å². The van der Waals surface area contributed by atoms with Crippen LogP contribution in [0.1, 0.15) is 11.6 Å². The average molecular weight is 277 g/mol. The molecule has 1 aromatic rings.